The van der Waals surface area contributed by atoms with Crippen molar-refractivity contribution in [2.24, 2.45) is 0 Å². The number of rotatable bonds is 6. The van der Waals surface area contributed by atoms with Crippen molar-refractivity contribution in [3.8, 4) is 17.2 Å². The average Bonchev–Trinajstić information content (AvgIpc) is 3.20. The molecule has 0 saturated carbocycles. The minimum atomic E-state index is -3.94. The Balaban J connectivity index is 1.81. The van der Waals surface area contributed by atoms with Crippen molar-refractivity contribution in [3.05, 3.63) is 81.7 Å². The third kappa shape index (κ3) is 4.68. The molecule has 0 atom stereocenters. The summed E-state index contributed by atoms with van der Waals surface area (Å²) in [5, 5.41) is 2.84. The molecule has 0 aliphatic rings. The highest BCUT2D eigenvalue weighted by molar-refractivity contribution is 9.10. The Bertz CT molecular complexity index is 1300. The summed E-state index contributed by atoms with van der Waals surface area (Å²) >= 11 is 6.71. The number of halogens is 2. The molecular weight excluding hydrogens is 548 g/mol. The standard InChI is InChI=1S/C22H16Br2N2O4S/c1-29-18-10-8-17(9-11-18)25-21-22(31(27,28)19-12-6-16(24)7-13-19)26-20(30-21)14-2-4-15(23)5-3-14/h2-13,25H,1H3. The Morgan fingerprint density at radius 1 is 0.871 bits per heavy atom. The Morgan fingerprint density at radius 2 is 1.45 bits per heavy atom. The van der Waals surface area contributed by atoms with Crippen LogP contribution >= 0.6 is 31.9 Å². The number of methoxy groups -OCH3 is 1. The molecule has 158 valence electrons. The predicted molar refractivity (Wildman–Crippen MR) is 126 cm³/mol. The molecule has 6 nitrogen and oxygen atoms in total. The van der Waals surface area contributed by atoms with E-state index in [0.29, 0.717) is 17.0 Å². The monoisotopic (exact) mass is 562 g/mol. The van der Waals surface area contributed by atoms with Gasteiger partial charge in [0.15, 0.2) is 0 Å². The van der Waals surface area contributed by atoms with E-state index in [-0.39, 0.29) is 21.7 Å². The fourth-order valence-electron chi connectivity index (χ4n) is 2.81. The molecule has 1 N–H and O–H groups in total. The smallest absolute Gasteiger partial charge is 0.238 e. The second kappa shape index (κ2) is 8.86. The first kappa shape index (κ1) is 21.6. The van der Waals surface area contributed by atoms with Gasteiger partial charge in [-0.3, -0.25) is 0 Å². The van der Waals surface area contributed by atoms with E-state index in [9.17, 15) is 8.42 Å². The van der Waals surface area contributed by atoms with Gasteiger partial charge in [-0.1, -0.05) is 31.9 Å². The first-order chi connectivity index (χ1) is 14.9. The Hall–Kier alpha value is -2.62. The molecule has 0 amide bonds. The van der Waals surface area contributed by atoms with E-state index < -0.39 is 9.84 Å². The summed E-state index contributed by atoms with van der Waals surface area (Å²) in [7, 11) is -2.36. The largest absolute Gasteiger partial charge is 0.497 e. The van der Waals surface area contributed by atoms with Gasteiger partial charge in [-0.2, -0.15) is 4.98 Å². The molecule has 4 rings (SSSR count). The Labute approximate surface area is 196 Å². The first-order valence-corrected chi connectivity index (χ1v) is 12.1. The number of ether oxygens (including phenoxy) is 1. The van der Waals surface area contributed by atoms with E-state index >= 15 is 0 Å². The van der Waals surface area contributed by atoms with Crippen molar-refractivity contribution in [1.29, 1.82) is 0 Å². The number of hydrogen-bond donors (Lipinski definition) is 1. The van der Waals surface area contributed by atoms with Crippen molar-refractivity contribution >= 4 is 53.3 Å². The van der Waals surface area contributed by atoms with Gasteiger partial charge in [0.25, 0.3) is 0 Å². The summed E-state index contributed by atoms with van der Waals surface area (Å²) in [6, 6.07) is 20.7. The highest BCUT2D eigenvalue weighted by atomic mass is 79.9. The average molecular weight is 564 g/mol. The molecule has 31 heavy (non-hydrogen) atoms. The SMILES string of the molecule is COc1ccc(Nc2oc(-c3ccc(Br)cc3)nc2S(=O)(=O)c2ccc(Br)cc2)cc1. The van der Waals surface area contributed by atoms with E-state index in [0.717, 1.165) is 8.95 Å². The van der Waals surface area contributed by atoms with Gasteiger partial charge in [-0.25, -0.2) is 8.42 Å². The second-order valence-electron chi connectivity index (χ2n) is 6.47. The molecule has 1 aromatic heterocycles. The highest BCUT2D eigenvalue weighted by Gasteiger charge is 2.28. The van der Waals surface area contributed by atoms with Crippen LogP contribution in [0.5, 0.6) is 5.75 Å². The number of benzene rings is 3. The van der Waals surface area contributed by atoms with Crippen LogP contribution in [0.2, 0.25) is 0 Å². The topological polar surface area (TPSA) is 81.4 Å². The van der Waals surface area contributed by atoms with Crippen LogP contribution in [-0.2, 0) is 9.84 Å². The maximum atomic E-state index is 13.4. The lowest BCUT2D eigenvalue weighted by atomic mass is 10.2. The zero-order valence-corrected chi connectivity index (χ0v) is 20.2. The van der Waals surface area contributed by atoms with Crippen LogP contribution in [0.15, 0.2) is 96.1 Å². The van der Waals surface area contributed by atoms with Crippen molar-refractivity contribution in [3.63, 3.8) is 0 Å². The van der Waals surface area contributed by atoms with Gasteiger partial charge >= 0.3 is 0 Å². The van der Waals surface area contributed by atoms with Crippen molar-refractivity contribution in [2.75, 3.05) is 12.4 Å². The van der Waals surface area contributed by atoms with E-state index in [2.05, 4.69) is 42.2 Å². The van der Waals surface area contributed by atoms with Crippen LogP contribution in [0.4, 0.5) is 11.6 Å². The quantitative estimate of drug-likeness (QED) is 0.290. The molecule has 0 bridgehead atoms. The van der Waals surface area contributed by atoms with E-state index in [1.54, 1.807) is 55.6 Å². The molecule has 4 aromatic rings. The maximum absolute atomic E-state index is 13.4. The maximum Gasteiger partial charge on any atom is 0.238 e. The van der Waals surface area contributed by atoms with E-state index in [4.69, 9.17) is 9.15 Å². The fraction of sp³-hybridized carbons (Fsp3) is 0.0455. The summed E-state index contributed by atoms with van der Waals surface area (Å²) in [5.41, 5.74) is 1.28. The molecule has 0 aliphatic carbocycles. The lowest BCUT2D eigenvalue weighted by Gasteiger charge is -2.07. The van der Waals surface area contributed by atoms with Gasteiger partial charge in [-0.05, 0) is 72.8 Å². The third-order valence-corrected chi connectivity index (χ3v) is 7.15. The predicted octanol–water partition coefficient (Wildman–Crippen LogP) is 6.45. The van der Waals surface area contributed by atoms with Gasteiger partial charge in [0.05, 0.1) is 12.0 Å². The summed E-state index contributed by atoms with van der Waals surface area (Å²) in [5.74, 6) is 0.909. The Kier molecular flexibility index (Phi) is 6.17. The third-order valence-electron chi connectivity index (χ3n) is 4.41. The van der Waals surface area contributed by atoms with E-state index in [1.165, 1.54) is 12.1 Å². The second-order valence-corrected chi connectivity index (χ2v) is 10.2. The molecule has 0 aliphatic heterocycles. The number of aromatic nitrogens is 1. The summed E-state index contributed by atoms with van der Waals surface area (Å²) in [6.07, 6.45) is 0. The van der Waals surface area contributed by atoms with Gasteiger partial charge in [0.1, 0.15) is 5.75 Å². The van der Waals surface area contributed by atoms with Crippen LogP contribution in [0.3, 0.4) is 0 Å². The zero-order valence-electron chi connectivity index (χ0n) is 16.2. The van der Waals surface area contributed by atoms with E-state index in [1.807, 2.05) is 12.1 Å². The number of nitrogens with one attached hydrogen (secondary N) is 1. The highest BCUT2D eigenvalue weighted by Crippen LogP contribution is 2.35. The lowest BCUT2D eigenvalue weighted by molar-refractivity contribution is 0.415. The number of oxazole rings is 1. The molecule has 1 heterocycles. The normalized spacial score (nSPS) is 11.3. The van der Waals surface area contributed by atoms with Crippen LogP contribution in [0.25, 0.3) is 11.5 Å². The number of sulfone groups is 1. The minimum absolute atomic E-state index is 0.0333. The summed E-state index contributed by atoms with van der Waals surface area (Å²) in [6.45, 7) is 0. The molecular formula is C22H16Br2N2O4S. The van der Waals surface area contributed by atoms with Crippen LogP contribution < -0.4 is 10.1 Å². The fourth-order valence-corrected chi connectivity index (χ4v) is 4.60. The van der Waals surface area contributed by atoms with Crippen LogP contribution in [0, 0.1) is 0 Å². The first-order valence-electron chi connectivity index (χ1n) is 9.05. The van der Waals surface area contributed by atoms with Crippen molar-refractivity contribution < 1.29 is 17.6 Å². The summed E-state index contributed by atoms with van der Waals surface area (Å²) in [4.78, 5) is 4.46. The van der Waals surface area contributed by atoms with Gasteiger partial charge < -0.3 is 14.5 Å². The number of anilines is 2. The summed E-state index contributed by atoms with van der Waals surface area (Å²) < 4.78 is 39.4. The van der Waals surface area contributed by atoms with Crippen molar-refractivity contribution in [2.45, 2.75) is 9.92 Å². The number of nitrogens with zero attached hydrogens (tertiary/aromatic N) is 1. The number of hydrogen-bond acceptors (Lipinski definition) is 6. The lowest BCUT2D eigenvalue weighted by Crippen LogP contribution is -2.05. The molecule has 0 radical (unpaired) electrons. The van der Waals surface area contributed by atoms with Crippen LogP contribution in [-0.4, -0.2) is 20.5 Å². The molecule has 9 heteroatoms. The van der Waals surface area contributed by atoms with Gasteiger partial charge in [0.2, 0.25) is 26.6 Å². The van der Waals surface area contributed by atoms with Crippen molar-refractivity contribution in [1.82, 2.24) is 4.98 Å². The van der Waals surface area contributed by atoms with Gasteiger partial charge in [-0.15, -0.1) is 0 Å². The molecule has 0 spiro atoms. The van der Waals surface area contributed by atoms with Gasteiger partial charge in [0, 0.05) is 20.2 Å². The molecule has 0 unspecified atom stereocenters. The molecule has 3 aromatic carbocycles. The molecule has 0 fully saturated rings. The Morgan fingerprint density at radius 3 is 2.03 bits per heavy atom. The van der Waals surface area contributed by atoms with Crippen LogP contribution in [0.1, 0.15) is 0 Å². The zero-order chi connectivity index (χ0) is 22.0. The molecule has 0 saturated heterocycles. The minimum Gasteiger partial charge on any atom is -0.497 e.